The highest BCUT2D eigenvalue weighted by molar-refractivity contribution is 5.94. The van der Waals surface area contributed by atoms with Gasteiger partial charge in [0.1, 0.15) is 6.10 Å². The first-order valence-corrected chi connectivity index (χ1v) is 11.2. The number of rotatable bonds is 5. The molecule has 2 aromatic rings. The summed E-state index contributed by atoms with van der Waals surface area (Å²) in [5.74, 6) is -0.0717. The van der Waals surface area contributed by atoms with Crippen molar-refractivity contribution < 1.29 is 14.3 Å². The minimum absolute atomic E-state index is 0.0124. The second-order valence-corrected chi connectivity index (χ2v) is 8.94. The lowest BCUT2D eigenvalue weighted by Gasteiger charge is -2.27. The molecule has 0 saturated carbocycles. The molecule has 3 atom stereocenters. The number of H-pyrrole nitrogens is 1. The van der Waals surface area contributed by atoms with Crippen molar-refractivity contribution in [2.75, 3.05) is 32.7 Å². The Bertz CT molecular complexity index is 1030. The summed E-state index contributed by atoms with van der Waals surface area (Å²) in [6, 6.07) is 10.3. The maximum Gasteiger partial charge on any atom is 0.410 e. The molecule has 1 N–H and O–H groups in total. The van der Waals surface area contributed by atoms with Crippen LogP contribution in [0.2, 0.25) is 0 Å². The fraction of sp³-hybridized carbons (Fsp3) is 0.458. The van der Waals surface area contributed by atoms with Gasteiger partial charge in [-0.1, -0.05) is 42.5 Å². The molecule has 168 valence electrons. The molecule has 8 nitrogen and oxygen atoms in total. The molecule has 5 rings (SSSR count). The van der Waals surface area contributed by atoms with E-state index in [4.69, 9.17) is 4.74 Å². The van der Waals surface area contributed by atoms with Gasteiger partial charge in [0.05, 0.1) is 12.1 Å². The molecule has 0 bridgehead atoms. The van der Waals surface area contributed by atoms with Crippen LogP contribution in [0.3, 0.4) is 0 Å². The molecule has 0 radical (unpaired) electrons. The molecule has 0 aliphatic carbocycles. The van der Waals surface area contributed by atoms with E-state index >= 15 is 0 Å². The Morgan fingerprint density at radius 1 is 1.22 bits per heavy atom. The van der Waals surface area contributed by atoms with Gasteiger partial charge < -0.3 is 9.64 Å². The van der Waals surface area contributed by atoms with Crippen molar-refractivity contribution in [3.8, 4) is 0 Å². The molecule has 3 fully saturated rings. The molecule has 4 heterocycles. The molecule has 2 amide bonds. The molecular weight excluding hydrogens is 406 g/mol. The highest BCUT2D eigenvalue weighted by Gasteiger charge is 2.51. The van der Waals surface area contributed by atoms with Crippen LogP contribution in [-0.2, 0) is 4.74 Å². The van der Waals surface area contributed by atoms with E-state index in [0.29, 0.717) is 18.8 Å². The van der Waals surface area contributed by atoms with Crippen molar-refractivity contribution in [1.29, 1.82) is 0 Å². The van der Waals surface area contributed by atoms with Crippen LogP contribution in [0.1, 0.15) is 33.7 Å². The van der Waals surface area contributed by atoms with Crippen LogP contribution >= 0.6 is 0 Å². The van der Waals surface area contributed by atoms with E-state index in [9.17, 15) is 9.59 Å². The number of aromatic nitrogens is 2. The van der Waals surface area contributed by atoms with E-state index < -0.39 is 0 Å². The standard InChI is InChI=1S/C24H29N5O3/c1-16-17(2)25-26-22(16)23(30)28-12-10-19(13-28)29-20-14-27(15-21(20)32-24(29)31)11-6-9-18-7-4-3-5-8-18/h3-9,19-21H,10-15H2,1-2H3,(H,25,26)/b9-6+/t19?,20-,21+/m1/s1. The normalized spacial score (nSPS) is 25.7. The number of likely N-dealkylation sites (tertiary alicyclic amines) is 2. The summed E-state index contributed by atoms with van der Waals surface area (Å²) in [6.45, 7) is 7.32. The fourth-order valence-electron chi connectivity index (χ4n) is 5.01. The number of carbonyl (C=O) groups excluding carboxylic acids is 2. The first-order valence-electron chi connectivity index (χ1n) is 11.2. The van der Waals surface area contributed by atoms with E-state index in [-0.39, 0.29) is 30.2 Å². The minimum atomic E-state index is -0.245. The third kappa shape index (κ3) is 3.79. The van der Waals surface area contributed by atoms with Gasteiger partial charge in [0.15, 0.2) is 5.69 Å². The summed E-state index contributed by atoms with van der Waals surface area (Å²) in [6.07, 6.45) is 4.70. The molecule has 1 aromatic heterocycles. The zero-order valence-corrected chi connectivity index (χ0v) is 18.5. The van der Waals surface area contributed by atoms with E-state index in [0.717, 1.165) is 37.3 Å². The summed E-state index contributed by atoms with van der Waals surface area (Å²) in [5.41, 5.74) is 3.44. The number of nitrogens with zero attached hydrogens (tertiary/aromatic N) is 4. The monoisotopic (exact) mass is 435 g/mol. The van der Waals surface area contributed by atoms with Crippen LogP contribution < -0.4 is 0 Å². The first kappa shape index (κ1) is 20.8. The van der Waals surface area contributed by atoms with Gasteiger partial charge in [-0.15, -0.1) is 0 Å². The number of carbonyl (C=O) groups is 2. The lowest BCUT2D eigenvalue weighted by atomic mass is 10.1. The fourth-order valence-corrected chi connectivity index (χ4v) is 5.01. The van der Waals surface area contributed by atoms with Crippen LogP contribution in [0.4, 0.5) is 4.79 Å². The Kier molecular flexibility index (Phi) is 5.46. The predicted octanol–water partition coefficient (Wildman–Crippen LogP) is 2.46. The van der Waals surface area contributed by atoms with Gasteiger partial charge in [-0.05, 0) is 25.8 Å². The van der Waals surface area contributed by atoms with Gasteiger partial charge >= 0.3 is 6.09 Å². The number of fused-ring (bicyclic) bond motifs is 1. The first-order chi connectivity index (χ1) is 15.5. The maximum atomic E-state index is 12.9. The summed E-state index contributed by atoms with van der Waals surface area (Å²) in [5, 5.41) is 7.06. The van der Waals surface area contributed by atoms with Gasteiger partial charge in [-0.3, -0.25) is 19.7 Å². The third-order valence-corrected chi connectivity index (χ3v) is 6.91. The van der Waals surface area contributed by atoms with E-state index in [1.54, 1.807) is 0 Å². The van der Waals surface area contributed by atoms with Crippen LogP contribution in [0.25, 0.3) is 6.08 Å². The summed E-state index contributed by atoms with van der Waals surface area (Å²) in [7, 11) is 0. The SMILES string of the molecule is Cc1[nH]nc(C(=O)N2CCC(N3C(=O)O[C@H]4CN(C/C=C/c5ccccc5)C[C@H]43)C2)c1C. The smallest absolute Gasteiger partial charge is 0.410 e. The quantitative estimate of drug-likeness (QED) is 0.780. The maximum absolute atomic E-state index is 12.9. The lowest BCUT2D eigenvalue weighted by molar-refractivity contribution is 0.0767. The number of hydrogen-bond acceptors (Lipinski definition) is 5. The van der Waals surface area contributed by atoms with Crippen molar-refractivity contribution in [3.05, 3.63) is 58.9 Å². The van der Waals surface area contributed by atoms with E-state index in [2.05, 4.69) is 39.4 Å². The molecular formula is C24H29N5O3. The zero-order valence-electron chi connectivity index (χ0n) is 18.5. The number of nitrogens with one attached hydrogen (secondary N) is 1. The van der Waals surface area contributed by atoms with Crippen LogP contribution in [0, 0.1) is 13.8 Å². The molecule has 3 saturated heterocycles. The Balaban J connectivity index is 1.20. The molecule has 1 aromatic carbocycles. The second-order valence-electron chi connectivity index (χ2n) is 8.94. The largest absolute Gasteiger partial charge is 0.442 e. The number of ether oxygens (including phenoxy) is 1. The summed E-state index contributed by atoms with van der Waals surface area (Å²) in [4.78, 5) is 31.6. The molecule has 3 aliphatic heterocycles. The number of benzene rings is 1. The minimum Gasteiger partial charge on any atom is -0.442 e. The van der Waals surface area contributed by atoms with Crippen molar-refractivity contribution >= 4 is 18.1 Å². The average Bonchev–Trinajstić information content (AvgIpc) is 3.54. The van der Waals surface area contributed by atoms with Gasteiger partial charge in [0, 0.05) is 44.0 Å². The Hall–Kier alpha value is -3.13. The third-order valence-electron chi connectivity index (χ3n) is 6.91. The summed E-state index contributed by atoms with van der Waals surface area (Å²) < 4.78 is 5.71. The molecule has 1 unspecified atom stereocenters. The van der Waals surface area contributed by atoms with Gasteiger partial charge in [0.2, 0.25) is 0 Å². The van der Waals surface area contributed by atoms with Crippen molar-refractivity contribution in [2.45, 2.75) is 38.5 Å². The summed E-state index contributed by atoms with van der Waals surface area (Å²) >= 11 is 0. The molecule has 32 heavy (non-hydrogen) atoms. The second kappa shape index (κ2) is 8.43. The number of hydrogen-bond donors (Lipinski definition) is 1. The van der Waals surface area contributed by atoms with Crippen LogP contribution in [0.15, 0.2) is 36.4 Å². The van der Waals surface area contributed by atoms with Crippen LogP contribution in [0.5, 0.6) is 0 Å². The number of amides is 2. The van der Waals surface area contributed by atoms with Crippen molar-refractivity contribution in [1.82, 2.24) is 24.9 Å². The average molecular weight is 436 g/mol. The Morgan fingerprint density at radius 2 is 2.03 bits per heavy atom. The highest BCUT2D eigenvalue weighted by atomic mass is 16.6. The van der Waals surface area contributed by atoms with Crippen molar-refractivity contribution in [2.24, 2.45) is 0 Å². The van der Waals surface area contributed by atoms with Gasteiger partial charge in [0.25, 0.3) is 5.91 Å². The lowest BCUT2D eigenvalue weighted by Crippen LogP contribution is -2.46. The molecule has 3 aliphatic rings. The van der Waals surface area contributed by atoms with Gasteiger partial charge in [-0.2, -0.15) is 5.10 Å². The van der Waals surface area contributed by atoms with E-state index in [1.165, 1.54) is 5.56 Å². The van der Waals surface area contributed by atoms with Crippen LogP contribution in [-0.4, -0.2) is 87.8 Å². The zero-order chi connectivity index (χ0) is 22.2. The topological polar surface area (TPSA) is 81.8 Å². The number of aromatic amines is 1. The van der Waals surface area contributed by atoms with Gasteiger partial charge in [-0.25, -0.2) is 4.79 Å². The molecule has 8 heteroatoms. The van der Waals surface area contributed by atoms with Crippen molar-refractivity contribution in [3.63, 3.8) is 0 Å². The highest BCUT2D eigenvalue weighted by Crippen LogP contribution is 2.32. The Labute approximate surface area is 187 Å². The van der Waals surface area contributed by atoms with E-state index in [1.807, 2.05) is 41.8 Å². The number of aryl methyl sites for hydroxylation is 1. The Morgan fingerprint density at radius 3 is 2.78 bits per heavy atom. The predicted molar refractivity (Wildman–Crippen MR) is 120 cm³/mol. The molecule has 0 spiro atoms.